The number of thiophene rings is 1. The molecule has 0 aromatic carbocycles. The van der Waals surface area contributed by atoms with Gasteiger partial charge in [0.15, 0.2) is 0 Å². The lowest BCUT2D eigenvalue weighted by molar-refractivity contribution is -0.0772. The van der Waals surface area contributed by atoms with Crippen molar-refractivity contribution in [2.45, 2.75) is 24.9 Å². The van der Waals surface area contributed by atoms with Crippen LogP contribution in [0.15, 0.2) is 5.38 Å². The van der Waals surface area contributed by atoms with E-state index in [9.17, 15) is 9.90 Å². The number of carbonyl (C=O) groups is 1. The summed E-state index contributed by atoms with van der Waals surface area (Å²) in [4.78, 5) is 12.3. The third-order valence-corrected chi connectivity index (χ3v) is 4.89. The Labute approximate surface area is 104 Å². The second kappa shape index (κ2) is 4.08. The van der Waals surface area contributed by atoms with Gasteiger partial charge in [-0.3, -0.25) is 0 Å². The lowest BCUT2D eigenvalue weighted by atomic mass is 9.85. The highest BCUT2D eigenvalue weighted by atomic mass is 32.1. The smallest absolute Gasteiger partial charge is 0.336 e. The molecule has 0 amide bonds. The largest absolute Gasteiger partial charge is 0.478 e. The van der Waals surface area contributed by atoms with Gasteiger partial charge in [0, 0.05) is 10.3 Å². The Hall–Kier alpha value is -0.910. The second-order valence-electron chi connectivity index (χ2n) is 4.60. The van der Waals surface area contributed by atoms with Gasteiger partial charge >= 0.3 is 5.97 Å². The monoisotopic (exact) mass is 253 g/mol. The fraction of sp³-hybridized carbons (Fsp3) is 0.583. The summed E-state index contributed by atoms with van der Waals surface area (Å²) >= 11 is 1.55. The zero-order valence-electron chi connectivity index (χ0n) is 9.49. The van der Waals surface area contributed by atoms with Crippen LogP contribution in [-0.2, 0) is 16.8 Å². The number of carboxylic acids is 1. The maximum Gasteiger partial charge on any atom is 0.336 e. The van der Waals surface area contributed by atoms with Crippen LogP contribution in [0.25, 0.3) is 0 Å². The molecule has 5 heteroatoms. The van der Waals surface area contributed by atoms with Crippen LogP contribution in [0.1, 0.15) is 33.6 Å². The standard InChI is InChI=1S/C12H15NO3S/c14-11(15)9-7-17-10-8(9)1-6-16-12(10)2-4-13-5-3-12/h7,13H,1-6H2,(H,14,15). The van der Waals surface area contributed by atoms with Crippen molar-refractivity contribution in [2.75, 3.05) is 19.7 Å². The SMILES string of the molecule is O=C(O)c1csc2c1CCOC21CCNCC1. The van der Waals surface area contributed by atoms with Crippen LogP contribution in [0, 0.1) is 0 Å². The molecule has 0 saturated carbocycles. The van der Waals surface area contributed by atoms with Crippen molar-refractivity contribution in [3.8, 4) is 0 Å². The summed E-state index contributed by atoms with van der Waals surface area (Å²) in [5, 5.41) is 14.3. The first-order valence-electron chi connectivity index (χ1n) is 5.92. The van der Waals surface area contributed by atoms with Crippen molar-refractivity contribution in [3.05, 3.63) is 21.4 Å². The Kier molecular flexibility index (Phi) is 2.69. The van der Waals surface area contributed by atoms with Gasteiger partial charge in [-0.05, 0) is 37.9 Å². The molecule has 0 aliphatic carbocycles. The maximum atomic E-state index is 11.2. The molecule has 0 radical (unpaired) electrons. The molecular formula is C12H15NO3S. The molecule has 4 nitrogen and oxygen atoms in total. The van der Waals surface area contributed by atoms with Crippen LogP contribution in [-0.4, -0.2) is 30.8 Å². The maximum absolute atomic E-state index is 11.2. The first-order chi connectivity index (χ1) is 8.23. The van der Waals surface area contributed by atoms with E-state index in [4.69, 9.17) is 4.74 Å². The summed E-state index contributed by atoms with van der Waals surface area (Å²) in [7, 11) is 0. The average Bonchev–Trinajstić information content (AvgIpc) is 2.76. The number of ether oxygens (including phenoxy) is 1. The fourth-order valence-corrected chi connectivity index (χ4v) is 4.12. The van der Waals surface area contributed by atoms with Gasteiger partial charge in [-0.25, -0.2) is 4.79 Å². The van der Waals surface area contributed by atoms with E-state index < -0.39 is 5.97 Å². The first-order valence-corrected chi connectivity index (χ1v) is 6.80. The number of rotatable bonds is 1. The van der Waals surface area contributed by atoms with E-state index in [1.165, 1.54) is 0 Å². The molecule has 2 aliphatic heterocycles. The summed E-state index contributed by atoms with van der Waals surface area (Å²) in [5.41, 5.74) is 1.28. The van der Waals surface area contributed by atoms with E-state index >= 15 is 0 Å². The van der Waals surface area contributed by atoms with Crippen molar-refractivity contribution < 1.29 is 14.6 Å². The van der Waals surface area contributed by atoms with Crippen LogP contribution >= 0.6 is 11.3 Å². The van der Waals surface area contributed by atoms with Crippen molar-refractivity contribution in [1.82, 2.24) is 5.32 Å². The van der Waals surface area contributed by atoms with Gasteiger partial charge in [-0.2, -0.15) is 0 Å². The van der Waals surface area contributed by atoms with Crippen LogP contribution in [0.3, 0.4) is 0 Å². The molecule has 0 unspecified atom stereocenters. The minimum Gasteiger partial charge on any atom is -0.478 e. The molecule has 1 saturated heterocycles. The second-order valence-corrected chi connectivity index (χ2v) is 5.48. The van der Waals surface area contributed by atoms with E-state index in [0.717, 1.165) is 42.8 Å². The van der Waals surface area contributed by atoms with E-state index in [0.29, 0.717) is 12.2 Å². The highest BCUT2D eigenvalue weighted by molar-refractivity contribution is 7.10. The lowest BCUT2D eigenvalue weighted by Crippen LogP contribution is -2.44. The average molecular weight is 253 g/mol. The molecule has 17 heavy (non-hydrogen) atoms. The molecule has 0 atom stereocenters. The zero-order valence-corrected chi connectivity index (χ0v) is 10.3. The van der Waals surface area contributed by atoms with Crippen LogP contribution in [0.4, 0.5) is 0 Å². The van der Waals surface area contributed by atoms with E-state index in [1.54, 1.807) is 16.7 Å². The molecule has 1 spiro atoms. The van der Waals surface area contributed by atoms with Gasteiger partial charge in [0.05, 0.1) is 12.2 Å². The van der Waals surface area contributed by atoms with E-state index in [1.807, 2.05) is 0 Å². The number of hydrogen-bond donors (Lipinski definition) is 2. The fourth-order valence-electron chi connectivity index (χ4n) is 2.81. The van der Waals surface area contributed by atoms with Crippen LogP contribution < -0.4 is 5.32 Å². The highest BCUT2D eigenvalue weighted by Crippen LogP contribution is 2.44. The highest BCUT2D eigenvalue weighted by Gasteiger charge is 2.41. The number of hydrogen-bond acceptors (Lipinski definition) is 4. The molecule has 1 aromatic heterocycles. The molecule has 2 aliphatic rings. The third kappa shape index (κ3) is 1.69. The third-order valence-electron chi connectivity index (χ3n) is 3.68. The number of fused-ring (bicyclic) bond motifs is 2. The Balaban J connectivity index is 2.05. The summed E-state index contributed by atoms with van der Waals surface area (Å²) in [5.74, 6) is -0.812. The molecule has 3 heterocycles. The number of carboxylic acid groups (broad SMARTS) is 1. The predicted octanol–water partition coefficient (Wildman–Crippen LogP) is 1.60. The van der Waals surface area contributed by atoms with Gasteiger partial charge in [0.25, 0.3) is 0 Å². The Morgan fingerprint density at radius 3 is 2.94 bits per heavy atom. The Bertz CT molecular complexity index is 449. The molecule has 2 N–H and O–H groups in total. The summed E-state index contributed by atoms with van der Waals surface area (Å²) in [6, 6.07) is 0. The van der Waals surface area contributed by atoms with Crippen molar-refractivity contribution in [2.24, 2.45) is 0 Å². The van der Waals surface area contributed by atoms with E-state index in [-0.39, 0.29) is 5.60 Å². The number of piperidine rings is 1. The molecule has 3 rings (SSSR count). The van der Waals surface area contributed by atoms with Gasteiger partial charge < -0.3 is 15.2 Å². The Morgan fingerprint density at radius 2 is 2.24 bits per heavy atom. The number of aromatic carboxylic acids is 1. The van der Waals surface area contributed by atoms with Gasteiger partial charge in [0.1, 0.15) is 5.60 Å². The van der Waals surface area contributed by atoms with Crippen molar-refractivity contribution in [3.63, 3.8) is 0 Å². The minimum absolute atomic E-state index is 0.211. The number of nitrogens with one attached hydrogen (secondary N) is 1. The van der Waals surface area contributed by atoms with Crippen LogP contribution in [0.5, 0.6) is 0 Å². The predicted molar refractivity (Wildman–Crippen MR) is 64.7 cm³/mol. The van der Waals surface area contributed by atoms with Gasteiger partial charge in [0.2, 0.25) is 0 Å². The summed E-state index contributed by atoms with van der Waals surface area (Å²) in [6.45, 7) is 2.53. The quantitative estimate of drug-likeness (QED) is 0.798. The Morgan fingerprint density at radius 1 is 1.47 bits per heavy atom. The topological polar surface area (TPSA) is 58.6 Å². The zero-order chi connectivity index (χ0) is 11.9. The van der Waals surface area contributed by atoms with Gasteiger partial charge in [-0.15, -0.1) is 11.3 Å². The van der Waals surface area contributed by atoms with Gasteiger partial charge in [-0.1, -0.05) is 0 Å². The van der Waals surface area contributed by atoms with E-state index in [2.05, 4.69) is 5.32 Å². The van der Waals surface area contributed by atoms with Crippen molar-refractivity contribution in [1.29, 1.82) is 0 Å². The molecule has 1 fully saturated rings. The first kappa shape index (κ1) is 11.2. The minimum atomic E-state index is -0.812. The summed E-state index contributed by atoms with van der Waals surface area (Å²) < 4.78 is 6.00. The normalized spacial score (nSPS) is 22.4. The molecule has 0 bridgehead atoms. The molecular weight excluding hydrogens is 238 g/mol. The van der Waals surface area contributed by atoms with Crippen LogP contribution in [0.2, 0.25) is 0 Å². The molecule has 1 aromatic rings. The molecule has 92 valence electrons. The summed E-state index contributed by atoms with van der Waals surface area (Å²) in [6.07, 6.45) is 2.62. The lowest BCUT2D eigenvalue weighted by Gasteiger charge is -2.40. The van der Waals surface area contributed by atoms with Crippen molar-refractivity contribution >= 4 is 17.3 Å².